The SMILES string of the molecule is CCCNC(CC(C)(C)C)c1ccc2c(c1)OCCCO2. The van der Waals surface area contributed by atoms with E-state index in [1.54, 1.807) is 0 Å². The zero-order chi connectivity index (χ0) is 15.3. The lowest BCUT2D eigenvalue weighted by molar-refractivity contribution is 0.296. The van der Waals surface area contributed by atoms with Gasteiger partial charge in [-0.1, -0.05) is 33.8 Å². The summed E-state index contributed by atoms with van der Waals surface area (Å²) >= 11 is 0. The molecule has 0 spiro atoms. The summed E-state index contributed by atoms with van der Waals surface area (Å²) in [4.78, 5) is 0. The predicted molar refractivity (Wildman–Crippen MR) is 87.2 cm³/mol. The second kappa shape index (κ2) is 7.17. The molecule has 1 heterocycles. The van der Waals surface area contributed by atoms with Gasteiger partial charge in [-0.2, -0.15) is 0 Å². The van der Waals surface area contributed by atoms with Crippen molar-refractivity contribution in [1.29, 1.82) is 0 Å². The lowest BCUT2D eigenvalue weighted by Gasteiger charge is -2.27. The van der Waals surface area contributed by atoms with E-state index in [0.717, 1.165) is 50.5 Å². The van der Waals surface area contributed by atoms with E-state index < -0.39 is 0 Å². The average Bonchev–Trinajstić information content (AvgIpc) is 2.66. The molecule has 118 valence electrons. The fourth-order valence-electron chi connectivity index (χ4n) is 2.64. The molecule has 3 nitrogen and oxygen atoms in total. The van der Waals surface area contributed by atoms with Gasteiger partial charge in [0.05, 0.1) is 13.2 Å². The Morgan fingerprint density at radius 1 is 1.14 bits per heavy atom. The average molecular weight is 291 g/mol. The second-order valence-electron chi connectivity index (χ2n) is 7.03. The summed E-state index contributed by atoms with van der Waals surface area (Å²) in [5.74, 6) is 1.77. The van der Waals surface area contributed by atoms with Gasteiger partial charge >= 0.3 is 0 Å². The maximum absolute atomic E-state index is 5.82. The third-order valence-electron chi connectivity index (χ3n) is 3.63. The second-order valence-corrected chi connectivity index (χ2v) is 7.03. The van der Waals surface area contributed by atoms with E-state index in [-0.39, 0.29) is 5.41 Å². The molecule has 1 unspecified atom stereocenters. The zero-order valence-electron chi connectivity index (χ0n) is 13.9. The van der Waals surface area contributed by atoms with E-state index in [1.165, 1.54) is 5.56 Å². The molecule has 0 saturated carbocycles. The molecule has 1 aliphatic heterocycles. The van der Waals surface area contributed by atoms with E-state index in [4.69, 9.17) is 9.47 Å². The lowest BCUT2D eigenvalue weighted by atomic mass is 9.85. The summed E-state index contributed by atoms with van der Waals surface area (Å²) in [6.07, 6.45) is 3.20. The van der Waals surface area contributed by atoms with Crippen molar-refractivity contribution in [2.24, 2.45) is 5.41 Å². The molecule has 21 heavy (non-hydrogen) atoms. The van der Waals surface area contributed by atoms with E-state index in [0.29, 0.717) is 6.04 Å². The van der Waals surface area contributed by atoms with Crippen molar-refractivity contribution in [1.82, 2.24) is 5.32 Å². The molecule has 1 N–H and O–H groups in total. The highest BCUT2D eigenvalue weighted by atomic mass is 16.5. The molecule has 0 aliphatic carbocycles. The zero-order valence-corrected chi connectivity index (χ0v) is 13.9. The van der Waals surface area contributed by atoms with E-state index in [9.17, 15) is 0 Å². The first kappa shape index (κ1) is 16.2. The Morgan fingerprint density at radius 3 is 2.52 bits per heavy atom. The number of fused-ring (bicyclic) bond motifs is 1. The summed E-state index contributed by atoms with van der Waals surface area (Å²) < 4.78 is 11.5. The number of benzene rings is 1. The molecule has 0 bridgehead atoms. The lowest BCUT2D eigenvalue weighted by Crippen LogP contribution is -2.26. The molecule has 1 aromatic rings. The van der Waals surface area contributed by atoms with Crippen molar-refractivity contribution in [2.45, 2.75) is 53.0 Å². The largest absolute Gasteiger partial charge is 0.490 e. The topological polar surface area (TPSA) is 30.5 Å². The van der Waals surface area contributed by atoms with Crippen molar-refractivity contribution in [3.05, 3.63) is 23.8 Å². The van der Waals surface area contributed by atoms with Crippen LogP contribution in [0.25, 0.3) is 0 Å². The van der Waals surface area contributed by atoms with Gasteiger partial charge in [0, 0.05) is 12.5 Å². The third-order valence-corrected chi connectivity index (χ3v) is 3.63. The quantitative estimate of drug-likeness (QED) is 0.876. The van der Waals surface area contributed by atoms with Crippen LogP contribution in [0, 0.1) is 5.41 Å². The molecule has 1 atom stereocenters. The minimum Gasteiger partial charge on any atom is -0.490 e. The normalized spacial score (nSPS) is 16.4. The Morgan fingerprint density at radius 2 is 1.86 bits per heavy atom. The smallest absolute Gasteiger partial charge is 0.161 e. The Kier molecular flexibility index (Phi) is 5.51. The Bertz CT molecular complexity index is 451. The number of hydrogen-bond donors (Lipinski definition) is 1. The highest BCUT2D eigenvalue weighted by molar-refractivity contribution is 5.44. The van der Waals surface area contributed by atoms with Crippen LogP contribution in [0.4, 0.5) is 0 Å². The molecule has 0 saturated heterocycles. The molecular weight excluding hydrogens is 262 g/mol. The maximum Gasteiger partial charge on any atom is 0.161 e. The number of hydrogen-bond acceptors (Lipinski definition) is 3. The molecular formula is C18H29NO2. The van der Waals surface area contributed by atoms with Crippen LogP contribution in [-0.2, 0) is 0 Å². The fraction of sp³-hybridized carbons (Fsp3) is 0.667. The van der Waals surface area contributed by atoms with E-state index >= 15 is 0 Å². The molecule has 0 amide bonds. The maximum atomic E-state index is 5.82. The van der Waals surface area contributed by atoms with Crippen LogP contribution >= 0.6 is 0 Å². The minimum absolute atomic E-state index is 0.287. The van der Waals surface area contributed by atoms with Crippen LogP contribution in [0.3, 0.4) is 0 Å². The van der Waals surface area contributed by atoms with E-state index in [1.807, 2.05) is 0 Å². The Hall–Kier alpha value is -1.22. The molecule has 0 radical (unpaired) electrons. The molecule has 0 aromatic heterocycles. The van der Waals surface area contributed by atoms with Gasteiger partial charge in [0.25, 0.3) is 0 Å². The highest BCUT2D eigenvalue weighted by Gasteiger charge is 2.21. The van der Waals surface area contributed by atoms with Crippen LogP contribution in [-0.4, -0.2) is 19.8 Å². The first-order chi connectivity index (χ1) is 9.99. The van der Waals surface area contributed by atoms with Crippen molar-refractivity contribution < 1.29 is 9.47 Å². The van der Waals surface area contributed by atoms with Crippen LogP contribution in [0.5, 0.6) is 11.5 Å². The first-order valence-electron chi connectivity index (χ1n) is 8.12. The van der Waals surface area contributed by atoms with Gasteiger partial charge in [-0.25, -0.2) is 0 Å². The molecule has 1 aliphatic rings. The summed E-state index contributed by atoms with van der Waals surface area (Å²) in [5, 5.41) is 3.67. The number of ether oxygens (including phenoxy) is 2. The van der Waals surface area contributed by atoms with Crippen LogP contribution in [0.1, 0.15) is 58.6 Å². The summed E-state index contributed by atoms with van der Waals surface area (Å²) in [5.41, 5.74) is 1.58. The minimum atomic E-state index is 0.287. The van der Waals surface area contributed by atoms with E-state index in [2.05, 4.69) is 51.2 Å². The molecule has 3 heteroatoms. The van der Waals surface area contributed by atoms with Gasteiger partial charge in [-0.15, -0.1) is 0 Å². The summed E-state index contributed by atoms with van der Waals surface area (Å²) in [6.45, 7) is 11.6. The standard InChI is InChI=1S/C18H29NO2/c1-5-9-19-15(13-18(2,3)4)14-7-8-16-17(12-14)21-11-6-10-20-16/h7-8,12,15,19H,5-6,9-11,13H2,1-4H3. The summed E-state index contributed by atoms with van der Waals surface area (Å²) in [7, 11) is 0. The Labute approximate surface area is 129 Å². The van der Waals surface area contributed by atoms with Crippen molar-refractivity contribution in [3.63, 3.8) is 0 Å². The fourth-order valence-corrected chi connectivity index (χ4v) is 2.64. The van der Waals surface area contributed by atoms with Crippen molar-refractivity contribution >= 4 is 0 Å². The first-order valence-corrected chi connectivity index (χ1v) is 8.12. The van der Waals surface area contributed by atoms with Crippen LogP contribution in [0.15, 0.2) is 18.2 Å². The van der Waals surface area contributed by atoms with Crippen LogP contribution < -0.4 is 14.8 Å². The monoisotopic (exact) mass is 291 g/mol. The van der Waals surface area contributed by atoms with Gasteiger partial charge in [-0.3, -0.25) is 0 Å². The van der Waals surface area contributed by atoms with Gasteiger partial charge in [0.2, 0.25) is 0 Å². The van der Waals surface area contributed by atoms with Crippen LogP contribution in [0.2, 0.25) is 0 Å². The number of nitrogens with one attached hydrogen (secondary N) is 1. The molecule has 0 fully saturated rings. The van der Waals surface area contributed by atoms with Gasteiger partial charge in [0.1, 0.15) is 0 Å². The predicted octanol–water partition coefficient (Wildman–Crippen LogP) is 4.32. The Balaban J connectivity index is 2.20. The third kappa shape index (κ3) is 4.92. The van der Waals surface area contributed by atoms with Gasteiger partial charge in [-0.05, 0) is 42.5 Å². The summed E-state index contributed by atoms with van der Waals surface area (Å²) in [6, 6.07) is 6.74. The molecule has 1 aromatic carbocycles. The molecule has 2 rings (SSSR count). The van der Waals surface area contributed by atoms with Gasteiger partial charge in [0.15, 0.2) is 11.5 Å². The highest BCUT2D eigenvalue weighted by Crippen LogP contribution is 2.35. The van der Waals surface area contributed by atoms with Gasteiger partial charge < -0.3 is 14.8 Å². The number of rotatable bonds is 5. The van der Waals surface area contributed by atoms with Crippen molar-refractivity contribution in [2.75, 3.05) is 19.8 Å². The van der Waals surface area contributed by atoms with Crippen molar-refractivity contribution in [3.8, 4) is 11.5 Å².